The van der Waals surface area contributed by atoms with Gasteiger partial charge in [-0.3, -0.25) is 14.4 Å². The van der Waals surface area contributed by atoms with Gasteiger partial charge in [0, 0.05) is 19.3 Å². The summed E-state index contributed by atoms with van der Waals surface area (Å²) in [5, 5.41) is 0. The van der Waals surface area contributed by atoms with Crippen molar-refractivity contribution in [2.24, 2.45) is 0 Å². The summed E-state index contributed by atoms with van der Waals surface area (Å²) in [6.07, 6.45) is 60.4. The zero-order chi connectivity index (χ0) is 43.7. The van der Waals surface area contributed by atoms with Crippen LogP contribution in [0.4, 0.5) is 0 Å². The Balaban J connectivity index is 4.44. The minimum absolute atomic E-state index is 0.105. The summed E-state index contributed by atoms with van der Waals surface area (Å²) in [6, 6.07) is 0. The molecular formula is C54H92O6. The molecule has 6 heteroatoms. The van der Waals surface area contributed by atoms with E-state index >= 15 is 0 Å². The van der Waals surface area contributed by atoms with Crippen molar-refractivity contribution in [3.8, 4) is 0 Å². The second kappa shape index (κ2) is 48.5. The van der Waals surface area contributed by atoms with E-state index in [1.165, 1.54) is 128 Å². The lowest BCUT2D eigenvalue weighted by molar-refractivity contribution is -0.167. The van der Waals surface area contributed by atoms with E-state index in [-0.39, 0.29) is 37.5 Å². The summed E-state index contributed by atoms with van der Waals surface area (Å²) in [6.45, 7) is 6.42. The van der Waals surface area contributed by atoms with E-state index < -0.39 is 6.10 Å². The molecule has 344 valence electrons. The largest absolute Gasteiger partial charge is 0.462 e. The van der Waals surface area contributed by atoms with Gasteiger partial charge in [0.15, 0.2) is 6.10 Å². The SMILES string of the molecule is CC\C=C/C=C\C=C/C=C\C=C/CCCC(=O)OC(COC(=O)CCCCCCC/C=C\CCCCCCCCCCC)COC(=O)CCCCCCCCCCCCC. The highest BCUT2D eigenvalue weighted by Gasteiger charge is 2.19. The van der Waals surface area contributed by atoms with Gasteiger partial charge in [-0.05, 0) is 57.8 Å². The highest BCUT2D eigenvalue weighted by molar-refractivity contribution is 5.71. The monoisotopic (exact) mass is 837 g/mol. The van der Waals surface area contributed by atoms with Crippen molar-refractivity contribution in [2.75, 3.05) is 13.2 Å². The maximum absolute atomic E-state index is 12.7. The number of allylic oxidation sites excluding steroid dienone is 12. The summed E-state index contributed by atoms with van der Waals surface area (Å²) in [7, 11) is 0. The van der Waals surface area contributed by atoms with E-state index in [0.29, 0.717) is 19.3 Å². The normalized spacial score (nSPS) is 12.7. The predicted molar refractivity (Wildman–Crippen MR) is 256 cm³/mol. The van der Waals surface area contributed by atoms with Crippen LogP contribution in [0.3, 0.4) is 0 Å². The first-order valence-electron chi connectivity index (χ1n) is 25.0. The molecule has 0 radical (unpaired) electrons. The van der Waals surface area contributed by atoms with E-state index in [0.717, 1.165) is 57.8 Å². The Bertz CT molecular complexity index is 1140. The van der Waals surface area contributed by atoms with Gasteiger partial charge in [-0.1, -0.05) is 229 Å². The molecule has 0 saturated carbocycles. The number of unbranched alkanes of at least 4 members (excludes halogenated alkanes) is 25. The number of carbonyl (C=O) groups is 3. The zero-order valence-corrected chi connectivity index (χ0v) is 39.2. The van der Waals surface area contributed by atoms with Crippen molar-refractivity contribution in [3.05, 3.63) is 72.9 Å². The molecule has 0 aromatic rings. The van der Waals surface area contributed by atoms with Gasteiger partial charge in [0.05, 0.1) is 0 Å². The lowest BCUT2D eigenvalue weighted by Crippen LogP contribution is -2.30. The standard InChI is InChI=1S/C54H92O6/c1-4-7-10-13-16-19-22-24-25-26-27-28-30-32-35-38-41-44-47-53(56)59-50-51(49-58-52(55)46-43-40-37-34-31-21-18-15-12-9-6-3)60-54(57)48-45-42-39-36-33-29-23-20-17-14-11-8-5-2/h8,11,14,17,20,23,27-29,33,36,39,51H,4-7,9-10,12-13,15-16,18-19,21-22,24-26,30-32,34-35,37-38,40-50H2,1-3H3/b11-8-,17-14-,23-20-,28-27-,33-29-,39-36-. The van der Waals surface area contributed by atoms with E-state index in [2.05, 4.69) is 39.0 Å². The summed E-state index contributed by atoms with van der Waals surface area (Å²) >= 11 is 0. The third-order valence-electron chi connectivity index (χ3n) is 10.6. The van der Waals surface area contributed by atoms with Gasteiger partial charge in [-0.15, -0.1) is 0 Å². The molecule has 0 spiro atoms. The van der Waals surface area contributed by atoms with Crippen LogP contribution in [-0.4, -0.2) is 37.2 Å². The molecule has 1 atom stereocenters. The van der Waals surface area contributed by atoms with Gasteiger partial charge < -0.3 is 14.2 Å². The maximum Gasteiger partial charge on any atom is 0.306 e. The molecule has 0 rings (SSSR count). The van der Waals surface area contributed by atoms with Crippen LogP contribution in [0.15, 0.2) is 72.9 Å². The Morgan fingerprint density at radius 1 is 0.350 bits per heavy atom. The quantitative estimate of drug-likeness (QED) is 0.0200. The predicted octanol–water partition coefficient (Wildman–Crippen LogP) is 16.3. The minimum atomic E-state index is -0.812. The molecule has 0 fully saturated rings. The minimum Gasteiger partial charge on any atom is -0.462 e. The van der Waals surface area contributed by atoms with E-state index in [9.17, 15) is 14.4 Å². The summed E-state index contributed by atoms with van der Waals surface area (Å²) in [5.74, 6) is -0.989. The number of hydrogen-bond donors (Lipinski definition) is 0. The number of hydrogen-bond acceptors (Lipinski definition) is 6. The molecule has 0 saturated heterocycles. The van der Waals surface area contributed by atoms with E-state index in [1.54, 1.807) is 0 Å². The topological polar surface area (TPSA) is 78.9 Å². The second-order valence-electron chi connectivity index (χ2n) is 16.5. The molecule has 0 heterocycles. The highest BCUT2D eigenvalue weighted by Crippen LogP contribution is 2.14. The molecule has 0 aromatic carbocycles. The molecule has 0 N–H and O–H groups in total. The molecule has 60 heavy (non-hydrogen) atoms. The number of esters is 3. The lowest BCUT2D eigenvalue weighted by Gasteiger charge is -2.18. The first kappa shape index (κ1) is 56.9. The molecule has 0 aliphatic carbocycles. The van der Waals surface area contributed by atoms with Gasteiger partial charge in [-0.25, -0.2) is 0 Å². The Labute approximate surface area is 370 Å². The number of carbonyl (C=O) groups excluding carboxylic acids is 3. The van der Waals surface area contributed by atoms with Gasteiger partial charge in [0.2, 0.25) is 0 Å². The maximum atomic E-state index is 12.7. The van der Waals surface area contributed by atoms with Crippen molar-refractivity contribution < 1.29 is 28.6 Å². The van der Waals surface area contributed by atoms with Gasteiger partial charge >= 0.3 is 17.9 Å². The molecule has 0 aliphatic rings. The smallest absolute Gasteiger partial charge is 0.306 e. The molecule has 0 bridgehead atoms. The first-order valence-corrected chi connectivity index (χ1v) is 25.0. The lowest BCUT2D eigenvalue weighted by atomic mass is 10.1. The highest BCUT2D eigenvalue weighted by atomic mass is 16.6. The third-order valence-corrected chi connectivity index (χ3v) is 10.6. The molecule has 0 aliphatic heterocycles. The molecule has 1 unspecified atom stereocenters. The molecule has 0 amide bonds. The Morgan fingerprint density at radius 2 is 0.683 bits per heavy atom. The van der Waals surface area contributed by atoms with Crippen LogP contribution in [0.5, 0.6) is 0 Å². The van der Waals surface area contributed by atoms with Crippen LogP contribution in [0.1, 0.15) is 233 Å². The first-order chi connectivity index (χ1) is 29.5. The summed E-state index contributed by atoms with van der Waals surface area (Å²) < 4.78 is 16.7. The van der Waals surface area contributed by atoms with Gasteiger partial charge in [-0.2, -0.15) is 0 Å². The fraction of sp³-hybridized carbons (Fsp3) is 0.722. The van der Waals surface area contributed by atoms with E-state index in [1.807, 2.05) is 54.7 Å². The van der Waals surface area contributed by atoms with Crippen LogP contribution >= 0.6 is 0 Å². The Morgan fingerprint density at radius 3 is 1.10 bits per heavy atom. The van der Waals surface area contributed by atoms with Crippen LogP contribution in [0, 0.1) is 0 Å². The molecular weight excluding hydrogens is 745 g/mol. The van der Waals surface area contributed by atoms with Crippen molar-refractivity contribution in [1.29, 1.82) is 0 Å². The fourth-order valence-corrected chi connectivity index (χ4v) is 6.82. The average molecular weight is 837 g/mol. The van der Waals surface area contributed by atoms with Crippen LogP contribution in [0.25, 0.3) is 0 Å². The molecule has 0 aromatic heterocycles. The number of rotatable bonds is 44. The molecule has 6 nitrogen and oxygen atoms in total. The van der Waals surface area contributed by atoms with Crippen LogP contribution in [-0.2, 0) is 28.6 Å². The van der Waals surface area contributed by atoms with Crippen molar-refractivity contribution in [1.82, 2.24) is 0 Å². The Hall–Kier alpha value is -3.15. The fourth-order valence-electron chi connectivity index (χ4n) is 6.82. The summed E-state index contributed by atoms with van der Waals surface area (Å²) in [4.78, 5) is 37.8. The van der Waals surface area contributed by atoms with Crippen LogP contribution in [0.2, 0.25) is 0 Å². The Kier molecular flexibility index (Phi) is 46.0. The second-order valence-corrected chi connectivity index (χ2v) is 16.5. The van der Waals surface area contributed by atoms with Gasteiger partial charge in [0.25, 0.3) is 0 Å². The van der Waals surface area contributed by atoms with Crippen molar-refractivity contribution in [2.45, 2.75) is 239 Å². The summed E-state index contributed by atoms with van der Waals surface area (Å²) in [5.41, 5.74) is 0. The van der Waals surface area contributed by atoms with Crippen LogP contribution < -0.4 is 0 Å². The third kappa shape index (κ3) is 45.9. The van der Waals surface area contributed by atoms with Gasteiger partial charge in [0.1, 0.15) is 13.2 Å². The van der Waals surface area contributed by atoms with Crippen molar-refractivity contribution >= 4 is 17.9 Å². The number of ether oxygens (including phenoxy) is 3. The van der Waals surface area contributed by atoms with Crippen molar-refractivity contribution in [3.63, 3.8) is 0 Å². The average Bonchev–Trinajstić information content (AvgIpc) is 3.24. The zero-order valence-electron chi connectivity index (χ0n) is 39.2. The van der Waals surface area contributed by atoms with E-state index in [4.69, 9.17) is 14.2 Å².